The highest BCUT2D eigenvalue weighted by Gasteiger charge is 2.74. The van der Waals surface area contributed by atoms with Gasteiger partial charge in [-0.05, 0) is 95.3 Å². The lowest BCUT2D eigenvalue weighted by Gasteiger charge is -2.69. The summed E-state index contributed by atoms with van der Waals surface area (Å²) in [5, 5.41) is 11.0. The monoisotopic (exact) mass is 527 g/mol. The van der Waals surface area contributed by atoms with Crippen molar-refractivity contribution in [2.75, 3.05) is 34.2 Å². The molecule has 0 aromatic heterocycles. The van der Waals surface area contributed by atoms with Crippen LogP contribution < -0.4 is 4.74 Å². The number of aryl methyl sites for hydroxylation is 1. The maximum absolute atomic E-state index is 13.6. The van der Waals surface area contributed by atoms with Crippen molar-refractivity contribution < 1.29 is 14.6 Å². The highest BCUT2D eigenvalue weighted by molar-refractivity contribution is 5.92. The maximum Gasteiger partial charge on any atom is 0.246 e. The number of carbonyl (C=O) groups is 1. The zero-order valence-corrected chi connectivity index (χ0v) is 23.7. The van der Waals surface area contributed by atoms with Crippen LogP contribution >= 0.6 is 0 Å². The minimum Gasteiger partial charge on any atom is -0.504 e. The van der Waals surface area contributed by atoms with E-state index < -0.39 is 0 Å². The molecule has 3 fully saturated rings. The van der Waals surface area contributed by atoms with Crippen LogP contribution in [0.3, 0.4) is 0 Å². The Morgan fingerprint density at radius 3 is 2.72 bits per heavy atom. The number of likely N-dealkylation sites (N-methyl/N-ethyl adjacent to an activating group) is 2. The van der Waals surface area contributed by atoms with Crippen LogP contribution in [0.5, 0.6) is 11.5 Å². The summed E-state index contributed by atoms with van der Waals surface area (Å²) in [5.74, 6) is 1.74. The molecular formula is C33H41N3O3. The normalized spacial score (nSPS) is 32.8. The molecule has 2 saturated carbocycles. The molecular weight excluding hydrogens is 486 g/mol. The molecule has 2 aromatic rings. The van der Waals surface area contributed by atoms with E-state index in [4.69, 9.17) is 4.74 Å². The molecule has 2 heterocycles. The molecule has 2 aromatic carbocycles. The molecule has 7 rings (SSSR count). The van der Waals surface area contributed by atoms with Gasteiger partial charge in [0.25, 0.3) is 0 Å². The number of hydrogen-bond donors (Lipinski definition) is 1. The molecule has 1 amide bonds. The molecule has 2 bridgehead atoms. The molecule has 0 radical (unpaired) electrons. The van der Waals surface area contributed by atoms with Crippen LogP contribution in [-0.4, -0.2) is 83.7 Å². The number of rotatable bonds is 6. The zero-order chi connectivity index (χ0) is 27.1. The van der Waals surface area contributed by atoms with Gasteiger partial charge in [0.1, 0.15) is 6.10 Å². The average Bonchev–Trinajstić information content (AvgIpc) is 3.67. The number of nitrogens with zero attached hydrogens (tertiary/aromatic N) is 3. The third-order valence-corrected chi connectivity index (χ3v) is 10.8. The van der Waals surface area contributed by atoms with Crippen molar-refractivity contribution in [3.8, 4) is 11.5 Å². The fraction of sp³-hybridized carbons (Fsp3) is 0.545. The minimum atomic E-state index is -0.263. The molecule has 206 valence electrons. The summed E-state index contributed by atoms with van der Waals surface area (Å²) in [6, 6.07) is 12.5. The van der Waals surface area contributed by atoms with E-state index in [9.17, 15) is 9.90 Å². The Balaban J connectivity index is 1.29. The second kappa shape index (κ2) is 8.84. The molecule has 2 unspecified atom stereocenters. The van der Waals surface area contributed by atoms with Gasteiger partial charge in [0.15, 0.2) is 11.5 Å². The fourth-order valence-corrected chi connectivity index (χ4v) is 8.99. The van der Waals surface area contributed by atoms with Crippen LogP contribution in [0.1, 0.15) is 54.4 Å². The van der Waals surface area contributed by atoms with Crippen LogP contribution in [0.4, 0.5) is 0 Å². The van der Waals surface area contributed by atoms with E-state index in [0.29, 0.717) is 11.8 Å². The van der Waals surface area contributed by atoms with Gasteiger partial charge in [-0.15, -0.1) is 0 Å². The van der Waals surface area contributed by atoms with Crippen LogP contribution in [0.25, 0.3) is 6.08 Å². The first-order chi connectivity index (χ1) is 18.8. The topological polar surface area (TPSA) is 56.2 Å². The molecule has 3 aliphatic carbocycles. The molecule has 1 saturated heterocycles. The average molecular weight is 528 g/mol. The van der Waals surface area contributed by atoms with Crippen LogP contribution in [-0.2, 0) is 16.6 Å². The quantitative estimate of drug-likeness (QED) is 0.566. The number of carbonyl (C=O) groups excluding carboxylic acids is 1. The summed E-state index contributed by atoms with van der Waals surface area (Å²) in [6.07, 6.45) is 9.99. The van der Waals surface area contributed by atoms with Gasteiger partial charge < -0.3 is 19.6 Å². The molecule has 5 atom stereocenters. The van der Waals surface area contributed by atoms with Crippen LogP contribution in [0.2, 0.25) is 0 Å². The highest BCUT2D eigenvalue weighted by atomic mass is 16.5. The standard InChI is InChI=1S/C33H41N3O3/c1-21-6-5-7-22(18-21)10-13-28(38)35(4)25-14-15-33(34(2)3)27-19-24-11-12-26(37)30-29(24)32(33,31(25)39-30)16-17-36(27)20-23-8-9-23/h5-7,10-13,18,23,25,27,31,37H,8-9,14-17,19-20H2,1-4H3/b13-10+/t25?,27-,31?,32+,33-/m1/s1. The second-order valence-electron chi connectivity index (χ2n) is 13.0. The number of hydrogen-bond acceptors (Lipinski definition) is 5. The number of ether oxygens (including phenoxy) is 1. The largest absolute Gasteiger partial charge is 0.504 e. The summed E-state index contributed by atoms with van der Waals surface area (Å²) in [7, 11) is 6.43. The number of phenols is 1. The number of aromatic hydroxyl groups is 1. The Labute approximate surface area is 232 Å². The van der Waals surface area contributed by atoms with Gasteiger partial charge in [0.2, 0.25) is 5.91 Å². The lowest BCUT2D eigenvalue weighted by molar-refractivity contribution is -0.160. The molecule has 5 aliphatic rings. The molecule has 39 heavy (non-hydrogen) atoms. The van der Waals surface area contributed by atoms with E-state index in [0.717, 1.165) is 43.7 Å². The van der Waals surface area contributed by atoms with E-state index in [-0.39, 0.29) is 34.8 Å². The van der Waals surface area contributed by atoms with Crippen molar-refractivity contribution in [3.05, 3.63) is 64.7 Å². The van der Waals surface area contributed by atoms with Gasteiger partial charge in [-0.1, -0.05) is 35.9 Å². The van der Waals surface area contributed by atoms with Crippen molar-refractivity contribution in [3.63, 3.8) is 0 Å². The summed E-state index contributed by atoms with van der Waals surface area (Å²) in [5.41, 5.74) is 4.39. The van der Waals surface area contributed by atoms with E-state index in [1.54, 1.807) is 6.08 Å². The lowest BCUT2D eigenvalue weighted by Crippen LogP contribution is -2.82. The number of benzene rings is 2. The molecule has 6 nitrogen and oxygen atoms in total. The Kier molecular flexibility index (Phi) is 5.70. The summed E-state index contributed by atoms with van der Waals surface area (Å²) < 4.78 is 6.86. The number of amides is 1. The first kappa shape index (κ1) is 25.2. The van der Waals surface area contributed by atoms with Gasteiger partial charge in [-0.2, -0.15) is 0 Å². The van der Waals surface area contributed by atoms with Crippen molar-refractivity contribution >= 4 is 12.0 Å². The first-order valence-corrected chi connectivity index (χ1v) is 14.7. The number of likely N-dealkylation sites (tertiary alicyclic amines) is 1. The number of piperidine rings is 1. The van der Waals surface area contributed by atoms with Crippen molar-refractivity contribution in [1.82, 2.24) is 14.7 Å². The third-order valence-electron chi connectivity index (χ3n) is 10.8. The van der Waals surface area contributed by atoms with Crippen molar-refractivity contribution in [2.24, 2.45) is 5.92 Å². The predicted molar refractivity (Wildman–Crippen MR) is 153 cm³/mol. The number of phenolic OH excluding ortho intramolecular Hbond substituents is 1. The summed E-state index contributed by atoms with van der Waals surface area (Å²) >= 11 is 0. The van der Waals surface area contributed by atoms with Crippen LogP contribution in [0, 0.1) is 12.8 Å². The van der Waals surface area contributed by atoms with E-state index >= 15 is 0 Å². The van der Waals surface area contributed by atoms with Crippen molar-refractivity contribution in [2.45, 2.75) is 74.6 Å². The first-order valence-electron chi connectivity index (χ1n) is 14.7. The lowest BCUT2D eigenvalue weighted by atomic mass is 9.46. The second-order valence-corrected chi connectivity index (χ2v) is 13.0. The maximum atomic E-state index is 13.6. The van der Waals surface area contributed by atoms with Gasteiger partial charge in [-0.3, -0.25) is 9.69 Å². The van der Waals surface area contributed by atoms with Gasteiger partial charge in [0, 0.05) is 36.8 Å². The van der Waals surface area contributed by atoms with Gasteiger partial charge >= 0.3 is 0 Å². The Hall–Kier alpha value is -2.83. The zero-order valence-electron chi connectivity index (χ0n) is 23.7. The van der Waals surface area contributed by atoms with E-state index in [1.807, 2.05) is 36.2 Å². The minimum absolute atomic E-state index is 0.00205. The molecule has 2 aliphatic heterocycles. The molecule has 1 N–H and O–H groups in total. The Morgan fingerprint density at radius 2 is 1.97 bits per heavy atom. The SMILES string of the molecule is Cc1cccc(/C=C/C(=O)N(C)C2CC[C@@]3(N(C)C)[C@H]4Cc5ccc(O)c6c5[C@@]3(CCN4CC3CC3)C2O6)c1. The van der Waals surface area contributed by atoms with Gasteiger partial charge in [-0.25, -0.2) is 0 Å². The Morgan fingerprint density at radius 1 is 1.15 bits per heavy atom. The third kappa shape index (κ3) is 3.50. The van der Waals surface area contributed by atoms with E-state index in [2.05, 4.69) is 49.0 Å². The molecule has 1 spiro atoms. The smallest absolute Gasteiger partial charge is 0.246 e. The van der Waals surface area contributed by atoms with Gasteiger partial charge in [0.05, 0.1) is 11.5 Å². The van der Waals surface area contributed by atoms with Crippen molar-refractivity contribution in [1.29, 1.82) is 0 Å². The summed E-state index contributed by atoms with van der Waals surface area (Å²) in [4.78, 5) is 20.8. The van der Waals surface area contributed by atoms with E-state index in [1.165, 1.54) is 36.1 Å². The predicted octanol–water partition coefficient (Wildman–Crippen LogP) is 4.37. The highest BCUT2D eigenvalue weighted by Crippen LogP contribution is 2.67. The fourth-order valence-electron chi connectivity index (χ4n) is 8.99. The Bertz CT molecular complexity index is 1350. The van der Waals surface area contributed by atoms with Crippen LogP contribution in [0.15, 0.2) is 42.5 Å². The summed E-state index contributed by atoms with van der Waals surface area (Å²) in [6.45, 7) is 4.30. The molecule has 6 heteroatoms.